The third-order valence-corrected chi connectivity index (χ3v) is 6.36. The fraction of sp³-hybridized carbons (Fsp3) is 0.485. The number of ether oxygens (including phenoxy) is 2. The summed E-state index contributed by atoms with van der Waals surface area (Å²) >= 11 is 0. The van der Waals surface area contributed by atoms with Crippen molar-refractivity contribution in [2.45, 2.75) is 97.6 Å². The minimum Gasteiger partial charge on any atom is -0.458 e. The summed E-state index contributed by atoms with van der Waals surface area (Å²) in [5.74, 6) is -0.755. The van der Waals surface area contributed by atoms with E-state index in [4.69, 9.17) is 15.2 Å². The van der Waals surface area contributed by atoms with Crippen LogP contribution in [-0.2, 0) is 19.1 Å². The standard InChI is InChI=1S/C33H48N2O7/c1-23(2)20-30(37)35-19-18-25(4)21-26(5)29-22-24(3)14-10-6-8-12-16-28(42-33(34)40)32(39)27(36)15-11-7-9-13-17-31(38)41-29/h6,10-11,13-15,17-21,26-29,32,36,39H,7-9,12,16,22H2,1-5H3,(H2,34,40)(H,35,37)/b10-6+,15-11+,17-13+,19-18+,24-14+,25-21+. The van der Waals surface area contributed by atoms with Gasteiger partial charge in [-0.05, 0) is 65.9 Å². The van der Waals surface area contributed by atoms with Crippen LogP contribution in [0.25, 0.3) is 0 Å². The van der Waals surface area contributed by atoms with E-state index in [0.29, 0.717) is 38.5 Å². The van der Waals surface area contributed by atoms with Gasteiger partial charge in [0.05, 0.1) is 0 Å². The summed E-state index contributed by atoms with van der Waals surface area (Å²) in [6.45, 7) is 9.58. The van der Waals surface area contributed by atoms with Gasteiger partial charge in [0.1, 0.15) is 24.4 Å². The number of nitrogens with two attached hydrogens (primary N) is 1. The maximum atomic E-state index is 12.6. The van der Waals surface area contributed by atoms with Crippen molar-refractivity contribution in [3.05, 3.63) is 83.7 Å². The van der Waals surface area contributed by atoms with Crippen LogP contribution in [0.5, 0.6) is 0 Å². The summed E-state index contributed by atoms with van der Waals surface area (Å²) in [6.07, 6.45) is 17.2. The second kappa shape index (κ2) is 20.2. The molecule has 1 heterocycles. The molecule has 0 fully saturated rings. The molecule has 0 spiro atoms. The van der Waals surface area contributed by atoms with E-state index < -0.39 is 36.5 Å². The van der Waals surface area contributed by atoms with Crippen LogP contribution < -0.4 is 11.1 Å². The molecule has 0 saturated carbocycles. The summed E-state index contributed by atoms with van der Waals surface area (Å²) in [5.41, 5.74) is 8.00. The van der Waals surface area contributed by atoms with Crippen molar-refractivity contribution in [3.63, 3.8) is 0 Å². The van der Waals surface area contributed by atoms with Gasteiger partial charge in [0, 0.05) is 30.7 Å². The summed E-state index contributed by atoms with van der Waals surface area (Å²) in [4.78, 5) is 35.8. The maximum Gasteiger partial charge on any atom is 0.404 e. The van der Waals surface area contributed by atoms with Crippen LogP contribution in [0.2, 0.25) is 0 Å². The zero-order valence-electron chi connectivity index (χ0n) is 25.5. The van der Waals surface area contributed by atoms with Gasteiger partial charge in [-0.2, -0.15) is 0 Å². The fourth-order valence-corrected chi connectivity index (χ4v) is 4.20. The Morgan fingerprint density at radius 2 is 1.86 bits per heavy atom. The Kier molecular flexibility index (Phi) is 17.5. The molecule has 0 aromatic heterocycles. The number of esters is 1. The molecule has 9 heteroatoms. The largest absolute Gasteiger partial charge is 0.458 e. The Hall–Kier alpha value is -3.69. The Bertz CT molecular complexity index is 1090. The number of hydrogen-bond acceptors (Lipinski definition) is 7. The molecule has 1 rings (SSSR count). The van der Waals surface area contributed by atoms with Crippen molar-refractivity contribution >= 4 is 18.0 Å². The summed E-state index contributed by atoms with van der Waals surface area (Å²) in [7, 11) is 0. The van der Waals surface area contributed by atoms with E-state index in [1.54, 1.807) is 24.4 Å². The van der Waals surface area contributed by atoms with Gasteiger partial charge in [-0.15, -0.1) is 0 Å². The highest BCUT2D eigenvalue weighted by Crippen LogP contribution is 2.21. The molecule has 0 aromatic carbocycles. The van der Waals surface area contributed by atoms with E-state index in [1.165, 1.54) is 18.2 Å². The van der Waals surface area contributed by atoms with Crippen molar-refractivity contribution in [3.8, 4) is 0 Å². The summed E-state index contributed by atoms with van der Waals surface area (Å²) in [6, 6.07) is 0. The van der Waals surface area contributed by atoms with E-state index in [9.17, 15) is 24.6 Å². The Balaban J connectivity index is 3.06. The maximum absolute atomic E-state index is 12.6. The number of aliphatic hydroxyl groups is 2. The minimum absolute atomic E-state index is 0.108. The summed E-state index contributed by atoms with van der Waals surface area (Å²) < 4.78 is 10.9. The van der Waals surface area contributed by atoms with Crippen molar-refractivity contribution in [2.24, 2.45) is 11.7 Å². The second-order valence-corrected chi connectivity index (χ2v) is 10.7. The lowest BCUT2D eigenvalue weighted by atomic mass is 9.95. The predicted octanol–water partition coefficient (Wildman–Crippen LogP) is 5.23. The third-order valence-electron chi connectivity index (χ3n) is 6.36. The lowest BCUT2D eigenvalue weighted by Crippen LogP contribution is -2.40. The van der Waals surface area contributed by atoms with Crippen LogP contribution in [0, 0.1) is 5.92 Å². The van der Waals surface area contributed by atoms with E-state index >= 15 is 0 Å². The van der Waals surface area contributed by atoms with E-state index in [1.807, 2.05) is 58.9 Å². The van der Waals surface area contributed by atoms with Gasteiger partial charge >= 0.3 is 12.1 Å². The average molecular weight is 585 g/mol. The van der Waals surface area contributed by atoms with Crippen molar-refractivity contribution in [1.82, 2.24) is 5.32 Å². The topological polar surface area (TPSA) is 148 Å². The van der Waals surface area contributed by atoms with Crippen LogP contribution in [0.4, 0.5) is 4.79 Å². The Labute approximate surface area is 250 Å². The quantitative estimate of drug-likeness (QED) is 0.145. The number of rotatable bonds is 6. The number of allylic oxidation sites excluding steroid dienone is 8. The first-order chi connectivity index (χ1) is 19.9. The molecule has 232 valence electrons. The van der Waals surface area contributed by atoms with Crippen LogP contribution >= 0.6 is 0 Å². The van der Waals surface area contributed by atoms with Gasteiger partial charge in [0.15, 0.2) is 0 Å². The number of nitrogens with one attached hydrogen (secondary N) is 1. The molecule has 0 saturated heterocycles. The van der Waals surface area contributed by atoms with Crippen LogP contribution in [0.3, 0.4) is 0 Å². The molecule has 0 bridgehead atoms. The molecular weight excluding hydrogens is 536 g/mol. The molecule has 2 amide bonds. The van der Waals surface area contributed by atoms with Gasteiger partial charge in [-0.25, -0.2) is 9.59 Å². The molecule has 5 N–H and O–H groups in total. The third kappa shape index (κ3) is 16.5. The number of aliphatic hydroxyl groups excluding tert-OH is 2. The molecule has 0 radical (unpaired) electrons. The molecular formula is C33H48N2O7. The normalized spacial score (nSPS) is 27.8. The van der Waals surface area contributed by atoms with Crippen molar-refractivity contribution in [1.29, 1.82) is 0 Å². The van der Waals surface area contributed by atoms with Crippen LogP contribution in [-0.4, -0.2) is 52.6 Å². The molecule has 5 unspecified atom stereocenters. The number of primary amides is 1. The molecule has 9 nitrogen and oxygen atoms in total. The van der Waals surface area contributed by atoms with Crippen LogP contribution in [0.15, 0.2) is 83.7 Å². The SMILES string of the molecule is CC(C)=CC(=O)N/C=C/C(C)=C/C(C)C1C/C(C)=C/C=C/CCCC(OC(N)=O)C(O)C(O)/C=C/CC/C=C/C(=O)O1. The second-order valence-electron chi connectivity index (χ2n) is 10.7. The van der Waals surface area contributed by atoms with Gasteiger partial charge < -0.3 is 30.7 Å². The summed E-state index contributed by atoms with van der Waals surface area (Å²) in [5, 5.41) is 23.5. The van der Waals surface area contributed by atoms with Gasteiger partial charge in [-0.1, -0.05) is 66.2 Å². The smallest absolute Gasteiger partial charge is 0.404 e. The number of amides is 2. The van der Waals surface area contributed by atoms with Gasteiger partial charge in [0.25, 0.3) is 0 Å². The average Bonchev–Trinajstić information content (AvgIpc) is 2.89. The van der Waals surface area contributed by atoms with E-state index in [2.05, 4.69) is 5.32 Å². The number of cyclic esters (lactones) is 1. The molecule has 42 heavy (non-hydrogen) atoms. The first kappa shape index (κ1) is 36.3. The molecule has 0 aromatic rings. The highest BCUT2D eigenvalue weighted by Gasteiger charge is 2.27. The first-order valence-corrected chi connectivity index (χ1v) is 14.4. The van der Waals surface area contributed by atoms with Crippen molar-refractivity contribution < 1.29 is 34.1 Å². The molecule has 5 atom stereocenters. The van der Waals surface area contributed by atoms with E-state index in [0.717, 1.165) is 16.7 Å². The zero-order valence-corrected chi connectivity index (χ0v) is 25.5. The number of carbonyl (C=O) groups is 3. The molecule has 1 aliphatic rings. The number of hydrogen-bond donors (Lipinski definition) is 4. The molecule has 1 aliphatic heterocycles. The van der Waals surface area contributed by atoms with Crippen molar-refractivity contribution in [2.75, 3.05) is 0 Å². The fourth-order valence-electron chi connectivity index (χ4n) is 4.20. The van der Waals surface area contributed by atoms with Crippen LogP contribution in [0.1, 0.15) is 73.1 Å². The Morgan fingerprint density at radius 1 is 1.14 bits per heavy atom. The first-order valence-electron chi connectivity index (χ1n) is 14.4. The Morgan fingerprint density at radius 3 is 2.55 bits per heavy atom. The molecule has 0 aliphatic carbocycles. The highest BCUT2D eigenvalue weighted by molar-refractivity contribution is 5.88. The van der Waals surface area contributed by atoms with E-state index in [-0.39, 0.29) is 11.8 Å². The number of carbonyl (C=O) groups excluding carboxylic acids is 3. The zero-order chi connectivity index (χ0) is 31.5. The van der Waals surface area contributed by atoms with Gasteiger partial charge in [-0.3, -0.25) is 4.79 Å². The lowest BCUT2D eigenvalue weighted by molar-refractivity contribution is -0.144. The lowest BCUT2D eigenvalue weighted by Gasteiger charge is -2.24. The minimum atomic E-state index is -1.32. The predicted molar refractivity (Wildman–Crippen MR) is 165 cm³/mol. The van der Waals surface area contributed by atoms with Gasteiger partial charge in [0.2, 0.25) is 5.91 Å². The monoisotopic (exact) mass is 584 g/mol. The highest BCUT2D eigenvalue weighted by atomic mass is 16.6.